The van der Waals surface area contributed by atoms with Crippen molar-refractivity contribution in [3.05, 3.63) is 11.6 Å². The first-order valence-corrected chi connectivity index (χ1v) is 2.89. The van der Waals surface area contributed by atoms with Gasteiger partial charge in [-0.05, 0) is 19.4 Å². The van der Waals surface area contributed by atoms with E-state index in [1.54, 1.807) is 7.05 Å². The monoisotopic (exact) mass is 111 g/mol. The van der Waals surface area contributed by atoms with Crippen LogP contribution in [0.5, 0.6) is 0 Å². The van der Waals surface area contributed by atoms with Crippen molar-refractivity contribution >= 4 is 6.21 Å². The third-order valence-electron chi connectivity index (χ3n) is 1.07. The zero-order chi connectivity index (χ0) is 6.41. The fourth-order valence-electron chi connectivity index (χ4n) is 0.320. The Balaban J connectivity index is 3.57. The minimum Gasteiger partial charge on any atom is -0.297 e. The summed E-state index contributed by atoms with van der Waals surface area (Å²) in [6, 6.07) is 0. The number of rotatable bonds is 2. The van der Waals surface area contributed by atoms with Crippen LogP contribution < -0.4 is 0 Å². The van der Waals surface area contributed by atoms with E-state index in [2.05, 4.69) is 18.8 Å². The normalized spacial score (nSPS) is 13.1. The Labute approximate surface area is 51.1 Å². The molecule has 0 unspecified atom stereocenters. The van der Waals surface area contributed by atoms with Crippen LogP contribution in [0.15, 0.2) is 16.6 Å². The molecule has 8 heavy (non-hydrogen) atoms. The van der Waals surface area contributed by atoms with Gasteiger partial charge >= 0.3 is 0 Å². The summed E-state index contributed by atoms with van der Waals surface area (Å²) in [7, 11) is 1.78. The molecule has 1 nitrogen and oxygen atoms in total. The molecule has 0 aromatic heterocycles. The van der Waals surface area contributed by atoms with E-state index in [0.717, 1.165) is 6.42 Å². The molecule has 0 aromatic carbocycles. The van der Waals surface area contributed by atoms with Crippen molar-refractivity contribution in [3.8, 4) is 0 Å². The van der Waals surface area contributed by atoms with Gasteiger partial charge in [0.05, 0.1) is 0 Å². The Morgan fingerprint density at radius 3 is 2.62 bits per heavy atom. The van der Waals surface area contributed by atoms with Crippen molar-refractivity contribution in [3.63, 3.8) is 0 Å². The summed E-state index contributed by atoms with van der Waals surface area (Å²) < 4.78 is 0. The SMILES string of the molecule is CC/C(C)=C\C=N/C. The molecule has 0 aliphatic heterocycles. The van der Waals surface area contributed by atoms with Crippen molar-refractivity contribution < 1.29 is 0 Å². The number of aliphatic imine (C=N–C) groups is 1. The van der Waals surface area contributed by atoms with Gasteiger partial charge in [0.25, 0.3) is 0 Å². The average Bonchev–Trinajstić information content (AvgIpc) is 1.83. The van der Waals surface area contributed by atoms with E-state index in [4.69, 9.17) is 0 Å². The summed E-state index contributed by atoms with van der Waals surface area (Å²) in [5.74, 6) is 0. The molecule has 0 N–H and O–H groups in total. The van der Waals surface area contributed by atoms with Crippen LogP contribution >= 0.6 is 0 Å². The van der Waals surface area contributed by atoms with Crippen LogP contribution in [0.4, 0.5) is 0 Å². The van der Waals surface area contributed by atoms with E-state index in [1.165, 1.54) is 5.57 Å². The molecule has 0 rings (SSSR count). The van der Waals surface area contributed by atoms with E-state index in [-0.39, 0.29) is 0 Å². The molecule has 0 spiro atoms. The average molecular weight is 111 g/mol. The third kappa shape index (κ3) is 3.59. The summed E-state index contributed by atoms with van der Waals surface area (Å²) in [5.41, 5.74) is 1.37. The van der Waals surface area contributed by atoms with Gasteiger partial charge in [0, 0.05) is 13.3 Å². The second-order valence-corrected chi connectivity index (χ2v) is 1.77. The number of nitrogens with zero attached hydrogens (tertiary/aromatic N) is 1. The van der Waals surface area contributed by atoms with Gasteiger partial charge in [-0.3, -0.25) is 4.99 Å². The highest BCUT2D eigenvalue weighted by atomic mass is 14.6. The van der Waals surface area contributed by atoms with Crippen LogP contribution in [-0.4, -0.2) is 13.3 Å². The van der Waals surface area contributed by atoms with Gasteiger partial charge in [-0.15, -0.1) is 0 Å². The smallest absolute Gasteiger partial charge is 0.0277 e. The highest BCUT2D eigenvalue weighted by Gasteiger charge is 1.76. The van der Waals surface area contributed by atoms with Gasteiger partial charge in [-0.2, -0.15) is 0 Å². The van der Waals surface area contributed by atoms with E-state index in [9.17, 15) is 0 Å². The second-order valence-electron chi connectivity index (χ2n) is 1.77. The summed E-state index contributed by atoms with van der Waals surface area (Å²) in [6.45, 7) is 4.23. The maximum absolute atomic E-state index is 3.82. The molecular weight excluding hydrogens is 98.1 g/mol. The Bertz CT molecular complexity index is 101. The summed E-state index contributed by atoms with van der Waals surface area (Å²) in [5, 5.41) is 0. The summed E-state index contributed by atoms with van der Waals surface area (Å²) >= 11 is 0. The van der Waals surface area contributed by atoms with Crippen LogP contribution in [0.25, 0.3) is 0 Å². The summed E-state index contributed by atoms with van der Waals surface area (Å²) in [6.07, 6.45) is 4.96. The van der Waals surface area contributed by atoms with Crippen LogP contribution in [-0.2, 0) is 0 Å². The zero-order valence-corrected chi connectivity index (χ0v) is 5.81. The van der Waals surface area contributed by atoms with Crippen LogP contribution in [0.3, 0.4) is 0 Å². The number of hydrogen-bond donors (Lipinski definition) is 0. The van der Waals surface area contributed by atoms with Gasteiger partial charge < -0.3 is 0 Å². The quantitative estimate of drug-likeness (QED) is 0.483. The maximum atomic E-state index is 3.82. The standard InChI is InChI=1S/C7H13N/c1-4-7(2)5-6-8-3/h5-6H,4H2,1-3H3/b7-5-,8-6-. The largest absolute Gasteiger partial charge is 0.297 e. The predicted octanol–water partition coefficient (Wildman–Crippen LogP) is 2.04. The molecule has 0 radical (unpaired) electrons. The molecule has 0 fully saturated rings. The Morgan fingerprint density at radius 2 is 2.25 bits per heavy atom. The highest BCUT2D eigenvalue weighted by Crippen LogP contribution is 1.94. The second kappa shape index (κ2) is 4.57. The van der Waals surface area contributed by atoms with E-state index >= 15 is 0 Å². The fraction of sp³-hybridized carbons (Fsp3) is 0.571. The summed E-state index contributed by atoms with van der Waals surface area (Å²) in [4.78, 5) is 3.82. The van der Waals surface area contributed by atoms with Crippen molar-refractivity contribution in [1.29, 1.82) is 0 Å². The fourth-order valence-corrected chi connectivity index (χ4v) is 0.320. The molecule has 46 valence electrons. The topological polar surface area (TPSA) is 12.4 Å². The molecule has 0 aliphatic carbocycles. The lowest BCUT2D eigenvalue weighted by atomic mass is 10.2. The number of hydrogen-bond acceptors (Lipinski definition) is 1. The lowest BCUT2D eigenvalue weighted by molar-refractivity contribution is 1.10. The van der Waals surface area contributed by atoms with Crippen molar-refractivity contribution in [2.24, 2.45) is 4.99 Å². The van der Waals surface area contributed by atoms with Crippen molar-refractivity contribution in [2.45, 2.75) is 20.3 Å². The third-order valence-corrected chi connectivity index (χ3v) is 1.07. The first-order chi connectivity index (χ1) is 3.81. The molecule has 0 amide bonds. The van der Waals surface area contributed by atoms with Gasteiger partial charge in [0.1, 0.15) is 0 Å². The molecule has 0 saturated heterocycles. The minimum absolute atomic E-state index is 1.12. The molecule has 0 aliphatic rings. The lowest BCUT2D eigenvalue weighted by Gasteiger charge is -1.86. The zero-order valence-electron chi connectivity index (χ0n) is 5.81. The number of allylic oxidation sites excluding steroid dienone is 2. The molecular formula is C7H13N. The van der Waals surface area contributed by atoms with Crippen LogP contribution in [0.1, 0.15) is 20.3 Å². The molecule has 0 aromatic rings. The van der Waals surface area contributed by atoms with Gasteiger partial charge in [0.2, 0.25) is 0 Å². The molecule has 0 atom stereocenters. The van der Waals surface area contributed by atoms with E-state index < -0.39 is 0 Å². The first kappa shape index (κ1) is 7.41. The minimum atomic E-state index is 1.12. The van der Waals surface area contributed by atoms with Crippen LogP contribution in [0, 0.1) is 0 Å². The van der Waals surface area contributed by atoms with E-state index in [0.29, 0.717) is 0 Å². The lowest BCUT2D eigenvalue weighted by Crippen LogP contribution is -1.71. The van der Waals surface area contributed by atoms with Gasteiger partial charge in [-0.25, -0.2) is 0 Å². The van der Waals surface area contributed by atoms with Crippen molar-refractivity contribution in [2.75, 3.05) is 7.05 Å². The molecule has 0 heterocycles. The van der Waals surface area contributed by atoms with Gasteiger partial charge in [-0.1, -0.05) is 12.5 Å². The van der Waals surface area contributed by atoms with Gasteiger partial charge in [0.15, 0.2) is 0 Å². The Hall–Kier alpha value is -0.590. The molecule has 0 saturated carbocycles. The van der Waals surface area contributed by atoms with E-state index in [1.807, 2.05) is 12.3 Å². The highest BCUT2D eigenvalue weighted by molar-refractivity contribution is 5.71. The first-order valence-electron chi connectivity index (χ1n) is 2.89. The van der Waals surface area contributed by atoms with Crippen LogP contribution in [0.2, 0.25) is 0 Å². The Kier molecular flexibility index (Phi) is 4.23. The van der Waals surface area contributed by atoms with Crippen molar-refractivity contribution in [1.82, 2.24) is 0 Å². The maximum Gasteiger partial charge on any atom is 0.0277 e. The Morgan fingerprint density at radius 1 is 1.62 bits per heavy atom. The molecule has 1 heteroatoms. The predicted molar refractivity (Wildman–Crippen MR) is 38.5 cm³/mol. The molecule has 0 bridgehead atoms.